The van der Waals surface area contributed by atoms with Crippen LogP contribution in [0.3, 0.4) is 0 Å². The number of carboxylic acids is 1. The normalized spacial score (nSPS) is 22.1. The number of allylic oxidation sites excluding steroid dienone is 6. The summed E-state index contributed by atoms with van der Waals surface area (Å²) in [5, 5.41) is 30.0. The molecule has 144 valence electrons. The van der Waals surface area contributed by atoms with Crippen molar-refractivity contribution in [1.29, 1.82) is 0 Å². The third-order valence-electron chi connectivity index (χ3n) is 4.78. The van der Waals surface area contributed by atoms with Crippen molar-refractivity contribution < 1.29 is 20.1 Å². The van der Waals surface area contributed by atoms with Crippen LogP contribution in [-0.4, -0.2) is 21.3 Å². The summed E-state index contributed by atoms with van der Waals surface area (Å²) in [6, 6.07) is 0. The van der Waals surface area contributed by atoms with Gasteiger partial charge in [0.1, 0.15) is 11.5 Å². The Balaban J connectivity index is 3.30. The van der Waals surface area contributed by atoms with Gasteiger partial charge >= 0.3 is 5.97 Å². The van der Waals surface area contributed by atoms with Gasteiger partial charge in [-0.25, -0.2) is 4.79 Å². The van der Waals surface area contributed by atoms with E-state index in [2.05, 4.69) is 13.5 Å². The second-order valence-electron chi connectivity index (χ2n) is 7.10. The van der Waals surface area contributed by atoms with Gasteiger partial charge in [-0.05, 0) is 51.5 Å². The lowest BCUT2D eigenvalue weighted by molar-refractivity contribution is -0.131. The number of hydrogen-bond donors (Lipinski definition) is 3. The van der Waals surface area contributed by atoms with E-state index < -0.39 is 11.7 Å². The number of unbranched alkanes of at least 4 members (excludes halogenated alkanes) is 3. The van der Waals surface area contributed by atoms with Crippen LogP contribution in [0.5, 0.6) is 0 Å². The highest BCUT2D eigenvalue weighted by Gasteiger charge is 2.31. The predicted molar refractivity (Wildman–Crippen MR) is 106 cm³/mol. The summed E-state index contributed by atoms with van der Waals surface area (Å²) in [5.41, 5.74) is 2.37. The Bertz CT molecular complexity index is 635. The lowest BCUT2D eigenvalue weighted by Gasteiger charge is -2.32. The lowest BCUT2D eigenvalue weighted by atomic mass is 9.73. The van der Waals surface area contributed by atoms with Crippen LogP contribution in [-0.2, 0) is 4.79 Å². The van der Waals surface area contributed by atoms with Gasteiger partial charge in [0.05, 0.1) is 6.08 Å². The molecule has 0 fully saturated rings. The molecule has 0 aliphatic heterocycles. The molecule has 1 rings (SSSR count). The summed E-state index contributed by atoms with van der Waals surface area (Å²) >= 11 is 0. The van der Waals surface area contributed by atoms with Crippen LogP contribution < -0.4 is 0 Å². The highest BCUT2D eigenvalue weighted by Crippen LogP contribution is 2.40. The average molecular weight is 360 g/mol. The molecule has 0 bridgehead atoms. The fourth-order valence-corrected chi connectivity index (χ4v) is 3.37. The van der Waals surface area contributed by atoms with E-state index in [1.165, 1.54) is 0 Å². The molecule has 2 atom stereocenters. The molecule has 1 aliphatic rings. The Hall–Kier alpha value is -2.23. The molecule has 0 aromatic carbocycles. The van der Waals surface area contributed by atoms with Crippen molar-refractivity contribution in [3.05, 3.63) is 59.1 Å². The fourth-order valence-electron chi connectivity index (χ4n) is 3.37. The van der Waals surface area contributed by atoms with Crippen molar-refractivity contribution in [2.24, 2.45) is 11.8 Å². The maximum absolute atomic E-state index is 11.0. The first-order valence-electron chi connectivity index (χ1n) is 9.34. The van der Waals surface area contributed by atoms with E-state index in [1.54, 1.807) is 6.08 Å². The minimum absolute atomic E-state index is 0.0497. The predicted octanol–water partition coefficient (Wildman–Crippen LogP) is 6.01. The van der Waals surface area contributed by atoms with E-state index in [4.69, 9.17) is 5.11 Å². The Morgan fingerprint density at radius 1 is 1.31 bits per heavy atom. The molecule has 0 saturated carbocycles. The number of carboxylic acid groups (broad SMARTS) is 1. The van der Waals surface area contributed by atoms with Crippen LogP contribution in [0.2, 0.25) is 0 Å². The van der Waals surface area contributed by atoms with E-state index in [0.717, 1.165) is 55.7 Å². The highest BCUT2D eigenvalue weighted by atomic mass is 16.4. The third-order valence-corrected chi connectivity index (χ3v) is 4.78. The molecule has 0 radical (unpaired) electrons. The van der Waals surface area contributed by atoms with Gasteiger partial charge in [-0.15, -0.1) is 0 Å². The summed E-state index contributed by atoms with van der Waals surface area (Å²) in [6.07, 6.45) is 12.1. The molecule has 4 nitrogen and oxygen atoms in total. The summed E-state index contributed by atoms with van der Waals surface area (Å²) < 4.78 is 0. The van der Waals surface area contributed by atoms with Crippen LogP contribution in [0.15, 0.2) is 59.1 Å². The van der Waals surface area contributed by atoms with Crippen LogP contribution in [0.25, 0.3) is 0 Å². The highest BCUT2D eigenvalue weighted by molar-refractivity contribution is 5.81. The van der Waals surface area contributed by atoms with Crippen molar-refractivity contribution in [2.45, 2.75) is 59.3 Å². The minimum atomic E-state index is -1.25. The van der Waals surface area contributed by atoms with Crippen LogP contribution in [0.1, 0.15) is 59.3 Å². The first kappa shape index (κ1) is 21.8. The monoisotopic (exact) mass is 360 g/mol. The zero-order chi connectivity index (χ0) is 19.7. The maximum atomic E-state index is 11.0. The molecule has 0 aromatic rings. The molecular weight excluding hydrogens is 328 g/mol. The Morgan fingerprint density at radius 3 is 2.58 bits per heavy atom. The summed E-state index contributed by atoms with van der Waals surface area (Å²) in [7, 11) is 0. The van der Waals surface area contributed by atoms with E-state index in [-0.39, 0.29) is 23.2 Å². The van der Waals surface area contributed by atoms with E-state index in [1.807, 2.05) is 26.0 Å². The van der Waals surface area contributed by atoms with Gasteiger partial charge in [0.15, 0.2) is 0 Å². The quantitative estimate of drug-likeness (QED) is 0.155. The van der Waals surface area contributed by atoms with E-state index in [9.17, 15) is 15.0 Å². The largest absolute Gasteiger partial charge is 0.508 e. The fraction of sp³-hybridized carbons (Fsp3) is 0.500. The minimum Gasteiger partial charge on any atom is -0.508 e. The second-order valence-corrected chi connectivity index (χ2v) is 7.10. The topological polar surface area (TPSA) is 77.8 Å². The molecule has 4 heteroatoms. The van der Waals surface area contributed by atoms with Gasteiger partial charge in [-0.3, -0.25) is 0 Å². The van der Waals surface area contributed by atoms with Crippen molar-refractivity contribution in [3.63, 3.8) is 0 Å². The van der Waals surface area contributed by atoms with Crippen molar-refractivity contribution in [1.82, 2.24) is 0 Å². The molecular formula is C22H32O4. The molecule has 3 N–H and O–H groups in total. The average Bonchev–Trinajstić information content (AvgIpc) is 2.54. The number of aliphatic hydroxyl groups is 2. The van der Waals surface area contributed by atoms with Crippen molar-refractivity contribution in [2.75, 3.05) is 0 Å². The zero-order valence-corrected chi connectivity index (χ0v) is 16.2. The third kappa shape index (κ3) is 6.58. The number of aliphatic carboxylic acids is 1. The Kier molecular flexibility index (Phi) is 8.97. The number of hydrogen-bond acceptors (Lipinski definition) is 3. The van der Waals surface area contributed by atoms with Gasteiger partial charge in [0, 0.05) is 11.5 Å². The smallest absolute Gasteiger partial charge is 0.332 e. The SMILES string of the molecule is C=C(C)C1CCC(C)=CC1C(/C(O)=C/C(=O)O)=C(O)/C=C/CCCCC. The van der Waals surface area contributed by atoms with Crippen molar-refractivity contribution >= 4 is 5.97 Å². The summed E-state index contributed by atoms with van der Waals surface area (Å²) in [5.74, 6) is -1.98. The van der Waals surface area contributed by atoms with Gasteiger partial charge in [-0.2, -0.15) is 0 Å². The van der Waals surface area contributed by atoms with Gasteiger partial charge in [0.25, 0.3) is 0 Å². The first-order valence-corrected chi connectivity index (χ1v) is 9.34. The van der Waals surface area contributed by atoms with Crippen LogP contribution in [0, 0.1) is 11.8 Å². The summed E-state index contributed by atoms with van der Waals surface area (Å²) in [4.78, 5) is 11.0. The number of carbonyl (C=O) groups is 1. The molecule has 2 unspecified atom stereocenters. The molecule has 26 heavy (non-hydrogen) atoms. The van der Waals surface area contributed by atoms with Gasteiger partial charge in [0.2, 0.25) is 0 Å². The van der Waals surface area contributed by atoms with E-state index >= 15 is 0 Å². The maximum Gasteiger partial charge on any atom is 0.332 e. The van der Waals surface area contributed by atoms with Gasteiger partial charge < -0.3 is 15.3 Å². The Morgan fingerprint density at radius 2 is 2.00 bits per heavy atom. The molecule has 0 aromatic heterocycles. The van der Waals surface area contributed by atoms with Crippen LogP contribution in [0.4, 0.5) is 0 Å². The molecule has 1 aliphatic carbocycles. The number of rotatable bonds is 9. The second kappa shape index (κ2) is 10.7. The Labute approximate surface area is 156 Å². The standard InChI is InChI=1S/C22H32O4/c1-5-6-7-8-9-10-19(23)22(20(24)14-21(25)26)18-13-16(4)11-12-17(18)15(2)3/h9-10,13-14,17-18,23-24H,2,5-8,11-12H2,1,3-4H3,(H,25,26)/b10-9+,20-14-,22-19+. The summed E-state index contributed by atoms with van der Waals surface area (Å²) in [6.45, 7) is 10.1. The first-order chi connectivity index (χ1) is 12.3. The van der Waals surface area contributed by atoms with Crippen molar-refractivity contribution in [3.8, 4) is 0 Å². The van der Waals surface area contributed by atoms with Gasteiger partial charge in [-0.1, -0.05) is 49.6 Å². The number of aliphatic hydroxyl groups excluding tert-OH is 2. The van der Waals surface area contributed by atoms with E-state index in [0.29, 0.717) is 0 Å². The molecule has 0 spiro atoms. The lowest BCUT2D eigenvalue weighted by Crippen LogP contribution is -2.22. The zero-order valence-electron chi connectivity index (χ0n) is 16.2. The van der Waals surface area contributed by atoms with Crippen LogP contribution >= 0.6 is 0 Å². The molecule has 0 amide bonds. The molecule has 0 heterocycles. The molecule has 0 saturated heterocycles.